The van der Waals surface area contributed by atoms with Gasteiger partial charge in [0.15, 0.2) is 0 Å². The minimum absolute atomic E-state index is 0.0982. The molecule has 2 atom stereocenters. The zero-order valence-electron chi connectivity index (χ0n) is 32.4. The molecular weight excluding hydrogens is 696 g/mol. The third-order valence-electron chi connectivity index (χ3n) is 8.41. The van der Waals surface area contributed by atoms with E-state index in [-0.39, 0.29) is 116 Å². The van der Waals surface area contributed by atoms with E-state index >= 15 is 0 Å². The summed E-state index contributed by atoms with van der Waals surface area (Å²) in [6.45, 7) is 11.4. The molecule has 1 aliphatic heterocycles. The number of rotatable bonds is 12. The Morgan fingerprint density at radius 3 is 1.15 bits per heavy atom. The molecule has 2 aromatic rings. The van der Waals surface area contributed by atoms with Crippen molar-refractivity contribution < 1.29 is 47.6 Å². The molecule has 4 amide bonds. The number of hydrogen-bond acceptors (Lipinski definition) is 10. The Bertz CT molecular complexity index is 1240. The number of carbonyl (C=O) groups is 4. The van der Waals surface area contributed by atoms with Crippen LogP contribution in [0.25, 0.3) is 0 Å². The van der Waals surface area contributed by atoms with Gasteiger partial charge in [-0.2, -0.15) is 0 Å². The smallest absolute Gasteiger partial charge is 0.408 e. The van der Waals surface area contributed by atoms with Crippen molar-refractivity contribution in [3.8, 4) is 0 Å². The maximum absolute atomic E-state index is 13.7. The van der Waals surface area contributed by atoms with Gasteiger partial charge in [-0.15, -0.1) is 0 Å². The van der Waals surface area contributed by atoms with Crippen LogP contribution in [0.3, 0.4) is 0 Å². The molecule has 0 spiro atoms. The molecule has 300 valence electrons. The van der Waals surface area contributed by atoms with Crippen LogP contribution >= 0.6 is 0 Å². The molecule has 0 radical (unpaired) electrons. The Kier molecular flexibility index (Phi) is 21.0. The molecule has 0 aliphatic carbocycles. The molecule has 3 rings (SSSR count). The van der Waals surface area contributed by atoms with Gasteiger partial charge in [0.05, 0.1) is 52.9 Å². The number of nitrogens with zero attached hydrogens (tertiary/aromatic N) is 2. The molecular formula is C40H60N4O10. The van der Waals surface area contributed by atoms with E-state index in [1.165, 1.54) is 0 Å². The summed E-state index contributed by atoms with van der Waals surface area (Å²) < 4.78 is 34.0. The van der Waals surface area contributed by atoms with Gasteiger partial charge in [-0.3, -0.25) is 9.59 Å². The van der Waals surface area contributed by atoms with Crippen molar-refractivity contribution in [3.05, 3.63) is 71.8 Å². The van der Waals surface area contributed by atoms with E-state index in [4.69, 9.17) is 28.4 Å². The van der Waals surface area contributed by atoms with Crippen LogP contribution in [-0.4, -0.2) is 125 Å². The fraction of sp³-hybridized carbons (Fsp3) is 0.600. The van der Waals surface area contributed by atoms with Gasteiger partial charge in [-0.05, 0) is 35.8 Å². The summed E-state index contributed by atoms with van der Waals surface area (Å²) in [7, 11) is 0. The van der Waals surface area contributed by atoms with Gasteiger partial charge >= 0.3 is 12.2 Å². The molecule has 1 aliphatic rings. The molecule has 1 heterocycles. The zero-order chi connectivity index (χ0) is 39.0. The number of carbonyl (C=O) groups excluding carboxylic acids is 4. The first-order chi connectivity index (χ1) is 26.1. The number of benzene rings is 2. The van der Waals surface area contributed by atoms with E-state index in [0.717, 1.165) is 11.1 Å². The van der Waals surface area contributed by atoms with Crippen LogP contribution in [0.5, 0.6) is 0 Å². The van der Waals surface area contributed by atoms with Crippen LogP contribution in [0, 0.1) is 11.8 Å². The predicted molar refractivity (Wildman–Crippen MR) is 202 cm³/mol. The monoisotopic (exact) mass is 756 g/mol. The number of nitrogens with one attached hydrogen (secondary N) is 2. The normalized spacial score (nSPS) is 16.8. The lowest BCUT2D eigenvalue weighted by atomic mass is 10.0. The number of hydrogen-bond donors (Lipinski definition) is 2. The van der Waals surface area contributed by atoms with Gasteiger partial charge in [0.25, 0.3) is 0 Å². The topological polar surface area (TPSA) is 154 Å². The maximum atomic E-state index is 13.7. The van der Waals surface area contributed by atoms with Crippen molar-refractivity contribution in [2.45, 2.75) is 65.8 Å². The first kappa shape index (κ1) is 44.2. The molecule has 2 aromatic carbocycles. The average Bonchev–Trinajstić information content (AvgIpc) is 3.15. The predicted octanol–water partition coefficient (Wildman–Crippen LogP) is 4.41. The second-order valence-electron chi connectivity index (χ2n) is 13.9. The zero-order valence-corrected chi connectivity index (χ0v) is 32.4. The van der Waals surface area contributed by atoms with E-state index < -0.39 is 24.3 Å². The first-order valence-corrected chi connectivity index (χ1v) is 18.9. The summed E-state index contributed by atoms with van der Waals surface area (Å²) in [5.41, 5.74) is 1.70. The van der Waals surface area contributed by atoms with E-state index in [1.807, 2.05) is 88.4 Å². The molecule has 14 heteroatoms. The summed E-state index contributed by atoms with van der Waals surface area (Å²) >= 11 is 0. The third-order valence-corrected chi connectivity index (χ3v) is 8.41. The fourth-order valence-electron chi connectivity index (χ4n) is 5.65. The van der Waals surface area contributed by atoms with Crippen LogP contribution in [0.2, 0.25) is 0 Å². The highest BCUT2D eigenvalue weighted by atomic mass is 16.6. The molecule has 0 bridgehead atoms. The molecule has 0 aromatic heterocycles. The number of alkyl carbamates (subject to hydrolysis) is 2. The van der Waals surface area contributed by atoms with Gasteiger partial charge < -0.3 is 48.9 Å². The Labute approximate surface area is 320 Å². The van der Waals surface area contributed by atoms with Crippen LogP contribution < -0.4 is 10.6 Å². The van der Waals surface area contributed by atoms with Crippen molar-refractivity contribution in [2.75, 3.05) is 79.0 Å². The minimum Gasteiger partial charge on any atom is -0.445 e. The highest BCUT2D eigenvalue weighted by Gasteiger charge is 2.29. The largest absolute Gasteiger partial charge is 0.445 e. The summed E-state index contributed by atoms with van der Waals surface area (Å²) in [5, 5.41) is 5.54. The molecule has 14 nitrogen and oxygen atoms in total. The van der Waals surface area contributed by atoms with Gasteiger partial charge in [-0.1, -0.05) is 88.4 Å². The Hall–Kier alpha value is -4.24. The highest BCUT2D eigenvalue weighted by Crippen LogP contribution is 2.12. The second kappa shape index (κ2) is 25.7. The Morgan fingerprint density at radius 2 is 0.852 bits per heavy atom. The quantitative estimate of drug-likeness (QED) is 0.319. The lowest BCUT2D eigenvalue weighted by Crippen LogP contribution is -2.51. The summed E-state index contributed by atoms with van der Waals surface area (Å²) in [4.78, 5) is 56.2. The highest BCUT2D eigenvalue weighted by molar-refractivity contribution is 5.86. The van der Waals surface area contributed by atoms with Crippen molar-refractivity contribution in [1.29, 1.82) is 0 Å². The molecule has 54 heavy (non-hydrogen) atoms. The molecule has 0 saturated carbocycles. The fourth-order valence-corrected chi connectivity index (χ4v) is 5.65. The van der Waals surface area contributed by atoms with Gasteiger partial charge in [0.1, 0.15) is 25.3 Å². The minimum atomic E-state index is -0.779. The maximum Gasteiger partial charge on any atom is 0.408 e. The summed E-state index contributed by atoms with van der Waals surface area (Å²) in [5.74, 6) is -0.205. The standard InChI is InChI=1S/C40H60N4O10/c1-31(2)27-35(41-39(47)53-29-33-11-7-5-8-12-33)37(45)43-15-19-49-23-25-51-21-17-44(18-22-52-26-24-50-20-16-43)38(46)36(28-32(3)4)42-40(48)54-30-34-13-9-6-10-14-34/h5-14,31-32,35-36H,15-30H2,1-4H3,(H,41,47)(H,42,48). The Morgan fingerprint density at radius 1 is 0.537 bits per heavy atom. The van der Waals surface area contributed by atoms with Gasteiger partial charge in [-0.25, -0.2) is 9.59 Å². The number of amides is 4. The average molecular weight is 757 g/mol. The van der Waals surface area contributed by atoms with E-state index in [2.05, 4.69) is 10.6 Å². The van der Waals surface area contributed by atoms with Gasteiger partial charge in [0, 0.05) is 26.2 Å². The summed E-state index contributed by atoms with van der Waals surface area (Å²) in [6, 6.07) is 17.1. The van der Waals surface area contributed by atoms with E-state index in [0.29, 0.717) is 12.8 Å². The SMILES string of the molecule is CC(C)CC(NC(=O)OCc1ccccc1)C(=O)N1CCOCCOCCN(C(=O)C(CC(C)C)NC(=O)OCc2ccccc2)CCOCCOCC1. The van der Waals surface area contributed by atoms with Crippen molar-refractivity contribution in [1.82, 2.24) is 20.4 Å². The second-order valence-corrected chi connectivity index (χ2v) is 13.9. The van der Waals surface area contributed by atoms with Crippen LogP contribution in [0.4, 0.5) is 9.59 Å². The third kappa shape index (κ3) is 18.2. The number of ether oxygens (including phenoxy) is 6. The van der Waals surface area contributed by atoms with E-state index in [9.17, 15) is 19.2 Å². The van der Waals surface area contributed by atoms with Crippen LogP contribution in [-0.2, 0) is 51.2 Å². The lowest BCUT2D eigenvalue weighted by Gasteiger charge is -2.29. The van der Waals surface area contributed by atoms with Gasteiger partial charge in [0.2, 0.25) is 11.8 Å². The van der Waals surface area contributed by atoms with Crippen molar-refractivity contribution in [3.63, 3.8) is 0 Å². The molecule has 2 unspecified atom stereocenters. The van der Waals surface area contributed by atoms with Crippen LogP contribution in [0.1, 0.15) is 51.7 Å². The van der Waals surface area contributed by atoms with Crippen molar-refractivity contribution >= 4 is 24.0 Å². The van der Waals surface area contributed by atoms with E-state index in [1.54, 1.807) is 9.80 Å². The van der Waals surface area contributed by atoms with Crippen LogP contribution in [0.15, 0.2) is 60.7 Å². The lowest BCUT2D eigenvalue weighted by molar-refractivity contribution is -0.137. The molecule has 2 N–H and O–H groups in total. The first-order valence-electron chi connectivity index (χ1n) is 18.9. The molecule has 1 fully saturated rings. The molecule has 1 saturated heterocycles. The van der Waals surface area contributed by atoms with Crippen molar-refractivity contribution in [2.24, 2.45) is 11.8 Å². The Balaban J connectivity index is 1.53. The summed E-state index contributed by atoms with van der Waals surface area (Å²) in [6.07, 6.45) is -0.444.